The largest absolute Gasteiger partial charge is 0.493 e. The third-order valence-electron chi connectivity index (χ3n) is 3.84. The predicted molar refractivity (Wildman–Crippen MR) is 102 cm³/mol. The van der Waals surface area contributed by atoms with E-state index in [0.717, 1.165) is 16.9 Å². The van der Waals surface area contributed by atoms with Crippen molar-refractivity contribution >= 4 is 23.1 Å². The van der Waals surface area contributed by atoms with Gasteiger partial charge in [-0.05, 0) is 37.6 Å². The van der Waals surface area contributed by atoms with Gasteiger partial charge in [0.25, 0.3) is 0 Å². The second kappa shape index (κ2) is 7.69. The third-order valence-corrected chi connectivity index (χ3v) is 3.84. The summed E-state index contributed by atoms with van der Waals surface area (Å²) in [6.07, 6.45) is 1.56. The fraction of sp³-hybridized carbons (Fsp3) is 0.211. The second-order valence-corrected chi connectivity index (χ2v) is 5.80. The van der Waals surface area contributed by atoms with Gasteiger partial charge in [0.1, 0.15) is 0 Å². The Morgan fingerprint density at radius 3 is 2.42 bits per heavy atom. The van der Waals surface area contributed by atoms with Crippen LogP contribution in [0.15, 0.2) is 42.6 Å². The van der Waals surface area contributed by atoms with Crippen LogP contribution in [0.3, 0.4) is 0 Å². The number of methoxy groups -OCH3 is 2. The van der Waals surface area contributed by atoms with Crippen LogP contribution >= 0.6 is 0 Å². The number of hydrogen-bond acceptors (Lipinski definition) is 7. The lowest BCUT2D eigenvalue weighted by atomic mass is 10.1. The first-order chi connectivity index (χ1) is 12.6. The minimum atomic E-state index is 0.419. The Bertz CT molecular complexity index is 914. The van der Waals surface area contributed by atoms with Gasteiger partial charge in [-0.1, -0.05) is 17.7 Å². The van der Waals surface area contributed by atoms with E-state index in [4.69, 9.17) is 9.47 Å². The van der Waals surface area contributed by atoms with Crippen molar-refractivity contribution in [2.45, 2.75) is 13.8 Å². The number of aromatic nitrogens is 3. The van der Waals surface area contributed by atoms with E-state index in [1.54, 1.807) is 20.4 Å². The van der Waals surface area contributed by atoms with Gasteiger partial charge in [0.15, 0.2) is 17.3 Å². The molecule has 0 unspecified atom stereocenters. The van der Waals surface area contributed by atoms with Crippen molar-refractivity contribution in [2.24, 2.45) is 0 Å². The fourth-order valence-electron chi connectivity index (χ4n) is 2.55. The number of aryl methyl sites for hydroxylation is 2. The molecule has 0 saturated carbocycles. The van der Waals surface area contributed by atoms with Gasteiger partial charge in [0.2, 0.25) is 5.95 Å². The van der Waals surface area contributed by atoms with Crippen LogP contribution in [-0.2, 0) is 0 Å². The van der Waals surface area contributed by atoms with E-state index in [0.29, 0.717) is 23.3 Å². The zero-order valence-corrected chi connectivity index (χ0v) is 15.2. The Labute approximate surface area is 152 Å². The van der Waals surface area contributed by atoms with Crippen LogP contribution < -0.4 is 20.1 Å². The van der Waals surface area contributed by atoms with Crippen molar-refractivity contribution in [3.05, 3.63) is 53.7 Å². The van der Waals surface area contributed by atoms with E-state index in [2.05, 4.69) is 38.8 Å². The molecule has 134 valence electrons. The maximum atomic E-state index is 5.31. The zero-order chi connectivity index (χ0) is 18.5. The molecule has 1 heterocycles. The summed E-state index contributed by atoms with van der Waals surface area (Å²) in [4.78, 5) is 4.46. The van der Waals surface area contributed by atoms with Crippen molar-refractivity contribution < 1.29 is 9.47 Å². The topological polar surface area (TPSA) is 81.2 Å². The summed E-state index contributed by atoms with van der Waals surface area (Å²) in [6.45, 7) is 4.09. The Morgan fingerprint density at radius 1 is 0.885 bits per heavy atom. The van der Waals surface area contributed by atoms with Gasteiger partial charge in [0, 0.05) is 17.4 Å². The van der Waals surface area contributed by atoms with Crippen molar-refractivity contribution in [1.29, 1.82) is 0 Å². The highest BCUT2D eigenvalue weighted by molar-refractivity contribution is 5.63. The molecule has 0 spiro atoms. The lowest BCUT2D eigenvalue weighted by Crippen LogP contribution is -2.03. The summed E-state index contributed by atoms with van der Waals surface area (Å²) in [5.41, 5.74) is 4.07. The van der Waals surface area contributed by atoms with Gasteiger partial charge < -0.3 is 20.1 Å². The first-order valence-corrected chi connectivity index (χ1v) is 8.12. The number of hydrogen-bond donors (Lipinski definition) is 2. The highest BCUT2D eigenvalue weighted by Crippen LogP contribution is 2.30. The highest BCUT2D eigenvalue weighted by atomic mass is 16.5. The van der Waals surface area contributed by atoms with Crippen molar-refractivity contribution in [3.8, 4) is 11.5 Å². The molecule has 0 saturated heterocycles. The monoisotopic (exact) mass is 351 g/mol. The summed E-state index contributed by atoms with van der Waals surface area (Å²) in [7, 11) is 3.20. The molecule has 1 aromatic heterocycles. The smallest absolute Gasteiger partial charge is 0.249 e. The van der Waals surface area contributed by atoms with Crippen molar-refractivity contribution in [3.63, 3.8) is 0 Å². The van der Waals surface area contributed by atoms with Crippen molar-refractivity contribution in [1.82, 2.24) is 15.2 Å². The molecule has 0 aliphatic rings. The highest BCUT2D eigenvalue weighted by Gasteiger charge is 2.07. The molecule has 26 heavy (non-hydrogen) atoms. The minimum Gasteiger partial charge on any atom is -0.493 e. The van der Waals surface area contributed by atoms with Gasteiger partial charge in [-0.3, -0.25) is 0 Å². The van der Waals surface area contributed by atoms with E-state index in [-0.39, 0.29) is 0 Å². The normalized spacial score (nSPS) is 10.3. The molecule has 7 heteroatoms. The SMILES string of the molecule is COc1ccc(Nc2cnnc(Nc3ccc(C)cc3C)n2)cc1OC. The first kappa shape index (κ1) is 17.5. The van der Waals surface area contributed by atoms with Gasteiger partial charge >= 0.3 is 0 Å². The van der Waals surface area contributed by atoms with E-state index in [1.807, 2.05) is 37.3 Å². The standard InChI is InChI=1S/C19H21N5O2/c1-12-5-7-15(13(2)9-12)22-19-23-18(11-20-24-19)21-14-6-8-16(25-3)17(10-14)26-4/h5-11H,1-4H3,(H2,21,22,23,24). The summed E-state index contributed by atoms with van der Waals surface area (Å²) in [6, 6.07) is 11.7. The average molecular weight is 351 g/mol. The van der Waals surface area contributed by atoms with E-state index >= 15 is 0 Å². The number of ether oxygens (including phenoxy) is 2. The number of nitrogens with zero attached hydrogens (tertiary/aromatic N) is 3. The van der Waals surface area contributed by atoms with Crippen LogP contribution in [0.1, 0.15) is 11.1 Å². The zero-order valence-electron chi connectivity index (χ0n) is 15.2. The molecule has 0 atom stereocenters. The molecular weight excluding hydrogens is 330 g/mol. The molecule has 3 aromatic rings. The first-order valence-electron chi connectivity index (χ1n) is 8.12. The van der Waals surface area contributed by atoms with E-state index in [1.165, 1.54) is 5.56 Å². The third kappa shape index (κ3) is 4.00. The molecule has 2 N–H and O–H groups in total. The molecular formula is C19H21N5O2. The van der Waals surface area contributed by atoms with E-state index in [9.17, 15) is 0 Å². The Hall–Kier alpha value is -3.35. The molecule has 7 nitrogen and oxygen atoms in total. The molecule has 0 aliphatic carbocycles. The van der Waals surface area contributed by atoms with Crippen LogP contribution in [0.5, 0.6) is 11.5 Å². The molecule has 0 bridgehead atoms. The molecule has 0 aliphatic heterocycles. The van der Waals surface area contributed by atoms with Gasteiger partial charge in [-0.15, -0.1) is 5.10 Å². The summed E-state index contributed by atoms with van der Waals surface area (Å²) < 4.78 is 10.6. The molecule has 2 aromatic carbocycles. The summed E-state index contributed by atoms with van der Waals surface area (Å²) in [5.74, 6) is 2.28. The minimum absolute atomic E-state index is 0.419. The number of rotatable bonds is 6. The van der Waals surface area contributed by atoms with Gasteiger partial charge in [0.05, 0.1) is 20.4 Å². The number of anilines is 4. The van der Waals surface area contributed by atoms with Crippen LogP contribution in [0.2, 0.25) is 0 Å². The summed E-state index contributed by atoms with van der Waals surface area (Å²) >= 11 is 0. The second-order valence-electron chi connectivity index (χ2n) is 5.80. The molecule has 3 rings (SSSR count). The molecule has 0 fully saturated rings. The van der Waals surface area contributed by atoms with Crippen molar-refractivity contribution in [2.75, 3.05) is 24.9 Å². The summed E-state index contributed by atoms with van der Waals surface area (Å²) in [5, 5.41) is 14.4. The van der Waals surface area contributed by atoms with Crippen LogP contribution in [0, 0.1) is 13.8 Å². The number of benzene rings is 2. The van der Waals surface area contributed by atoms with Crippen LogP contribution in [0.25, 0.3) is 0 Å². The van der Waals surface area contributed by atoms with E-state index < -0.39 is 0 Å². The van der Waals surface area contributed by atoms with Gasteiger partial charge in [-0.25, -0.2) is 0 Å². The average Bonchev–Trinajstić information content (AvgIpc) is 2.64. The predicted octanol–water partition coefficient (Wildman–Crippen LogP) is 3.99. The van der Waals surface area contributed by atoms with Crippen LogP contribution in [0.4, 0.5) is 23.1 Å². The quantitative estimate of drug-likeness (QED) is 0.695. The van der Waals surface area contributed by atoms with Crippen LogP contribution in [-0.4, -0.2) is 29.4 Å². The Balaban J connectivity index is 1.79. The lowest BCUT2D eigenvalue weighted by Gasteiger charge is -2.12. The fourth-order valence-corrected chi connectivity index (χ4v) is 2.55. The molecule has 0 amide bonds. The Morgan fingerprint density at radius 2 is 1.69 bits per heavy atom. The van der Waals surface area contributed by atoms with Gasteiger partial charge in [-0.2, -0.15) is 10.1 Å². The maximum Gasteiger partial charge on any atom is 0.249 e. The Kier molecular flexibility index (Phi) is 5.17. The number of nitrogens with one attached hydrogen (secondary N) is 2. The maximum absolute atomic E-state index is 5.31. The molecule has 0 radical (unpaired) electrons. The lowest BCUT2D eigenvalue weighted by molar-refractivity contribution is 0.355.